The van der Waals surface area contributed by atoms with Gasteiger partial charge >= 0.3 is 6.09 Å². The number of ether oxygens (including phenoxy) is 1. The Bertz CT molecular complexity index is 271. The molecule has 92 valence electrons. The molecule has 0 aromatic heterocycles. The van der Waals surface area contributed by atoms with Gasteiger partial charge in [-0.25, -0.2) is 4.79 Å². The van der Waals surface area contributed by atoms with Gasteiger partial charge in [-0.3, -0.25) is 0 Å². The van der Waals surface area contributed by atoms with E-state index in [-0.39, 0.29) is 6.09 Å². The first-order chi connectivity index (χ1) is 7.35. The second kappa shape index (κ2) is 3.91. The van der Waals surface area contributed by atoms with Crippen molar-refractivity contribution in [1.29, 1.82) is 0 Å². The highest BCUT2D eigenvalue weighted by molar-refractivity contribution is 5.68. The summed E-state index contributed by atoms with van der Waals surface area (Å²) in [7, 11) is 0. The molecule has 16 heavy (non-hydrogen) atoms. The lowest BCUT2D eigenvalue weighted by Gasteiger charge is -2.25. The van der Waals surface area contributed by atoms with Gasteiger partial charge in [-0.1, -0.05) is 0 Å². The summed E-state index contributed by atoms with van der Waals surface area (Å²) in [6, 6.07) is 1.07. The van der Waals surface area contributed by atoms with Crippen LogP contribution in [-0.4, -0.2) is 41.8 Å². The molecule has 2 aliphatic rings. The maximum atomic E-state index is 11.8. The number of nitrogens with one attached hydrogen (secondary N) is 1. The van der Waals surface area contributed by atoms with E-state index in [1.807, 2.05) is 25.7 Å². The summed E-state index contributed by atoms with van der Waals surface area (Å²) in [5.41, 5.74) is -0.393. The first kappa shape index (κ1) is 11.7. The average Bonchev–Trinajstić information content (AvgIpc) is 2.56. The standard InChI is InChI=1S/C12H22N2O2/c1-8-5-9-6-14(7-10(9)13-8)11(15)16-12(2,3)4/h8-10,13H,5-7H2,1-4H3/t8-,9-,10+/m1/s1. The number of carbonyl (C=O) groups excluding carboxylic acids is 1. The molecular weight excluding hydrogens is 204 g/mol. The molecule has 0 aromatic rings. The van der Waals surface area contributed by atoms with Crippen LogP contribution in [0, 0.1) is 5.92 Å². The highest BCUT2D eigenvalue weighted by atomic mass is 16.6. The van der Waals surface area contributed by atoms with Gasteiger partial charge in [-0.2, -0.15) is 0 Å². The van der Waals surface area contributed by atoms with Crippen molar-refractivity contribution in [3.05, 3.63) is 0 Å². The van der Waals surface area contributed by atoms with E-state index in [0.29, 0.717) is 18.0 Å². The molecule has 2 aliphatic heterocycles. The molecule has 3 atom stereocenters. The number of amides is 1. The molecule has 2 saturated heterocycles. The largest absolute Gasteiger partial charge is 0.444 e. The lowest BCUT2D eigenvalue weighted by molar-refractivity contribution is 0.0281. The summed E-state index contributed by atoms with van der Waals surface area (Å²) in [5.74, 6) is 0.613. The number of hydrogen-bond donors (Lipinski definition) is 1. The van der Waals surface area contributed by atoms with Crippen molar-refractivity contribution < 1.29 is 9.53 Å². The Morgan fingerprint density at radius 2 is 2.06 bits per heavy atom. The molecular formula is C12H22N2O2. The van der Waals surface area contributed by atoms with Crippen molar-refractivity contribution >= 4 is 6.09 Å². The molecule has 0 aliphatic carbocycles. The van der Waals surface area contributed by atoms with Gasteiger partial charge in [0.25, 0.3) is 0 Å². The van der Waals surface area contributed by atoms with E-state index in [9.17, 15) is 4.79 Å². The molecule has 0 unspecified atom stereocenters. The van der Waals surface area contributed by atoms with E-state index in [1.165, 1.54) is 6.42 Å². The average molecular weight is 226 g/mol. The van der Waals surface area contributed by atoms with Crippen LogP contribution in [-0.2, 0) is 4.74 Å². The van der Waals surface area contributed by atoms with Gasteiger partial charge in [0, 0.05) is 25.2 Å². The Hall–Kier alpha value is -0.770. The molecule has 2 heterocycles. The molecule has 0 spiro atoms. The summed E-state index contributed by atoms with van der Waals surface area (Å²) < 4.78 is 5.37. The minimum absolute atomic E-state index is 0.170. The lowest BCUT2D eigenvalue weighted by atomic mass is 10.0. The summed E-state index contributed by atoms with van der Waals surface area (Å²) in [4.78, 5) is 13.7. The van der Waals surface area contributed by atoms with E-state index in [4.69, 9.17) is 4.74 Å². The summed E-state index contributed by atoms with van der Waals surface area (Å²) in [6.45, 7) is 9.56. The molecule has 0 radical (unpaired) electrons. The molecule has 1 amide bonds. The predicted octanol–water partition coefficient (Wildman–Crippen LogP) is 1.60. The lowest BCUT2D eigenvalue weighted by Crippen LogP contribution is -2.39. The number of likely N-dealkylation sites (tertiary alicyclic amines) is 1. The molecule has 0 saturated carbocycles. The van der Waals surface area contributed by atoms with Gasteiger partial charge in [0.2, 0.25) is 0 Å². The third kappa shape index (κ3) is 2.48. The van der Waals surface area contributed by atoms with Gasteiger partial charge < -0.3 is 15.0 Å². The molecule has 4 heteroatoms. The minimum atomic E-state index is -0.393. The number of hydrogen-bond acceptors (Lipinski definition) is 3. The fraction of sp³-hybridized carbons (Fsp3) is 0.917. The Balaban J connectivity index is 1.88. The number of fused-ring (bicyclic) bond motifs is 1. The zero-order valence-corrected chi connectivity index (χ0v) is 10.6. The van der Waals surface area contributed by atoms with Crippen molar-refractivity contribution in [3.8, 4) is 0 Å². The zero-order valence-electron chi connectivity index (χ0n) is 10.6. The monoisotopic (exact) mass is 226 g/mol. The van der Waals surface area contributed by atoms with Crippen LogP contribution in [0.15, 0.2) is 0 Å². The van der Waals surface area contributed by atoms with Crippen LogP contribution >= 0.6 is 0 Å². The molecule has 0 bridgehead atoms. The van der Waals surface area contributed by atoms with Crippen LogP contribution in [0.5, 0.6) is 0 Å². The Morgan fingerprint density at radius 1 is 1.38 bits per heavy atom. The van der Waals surface area contributed by atoms with Crippen molar-refractivity contribution in [3.63, 3.8) is 0 Å². The van der Waals surface area contributed by atoms with Gasteiger partial charge in [0.1, 0.15) is 5.60 Å². The fourth-order valence-corrected chi connectivity index (χ4v) is 2.66. The molecule has 2 rings (SSSR count). The van der Waals surface area contributed by atoms with Crippen molar-refractivity contribution in [1.82, 2.24) is 10.2 Å². The van der Waals surface area contributed by atoms with Crippen molar-refractivity contribution in [2.45, 2.75) is 51.8 Å². The highest BCUT2D eigenvalue weighted by Crippen LogP contribution is 2.28. The Kier molecular flexibility index (Phi) is 2.86. The van der Waals surface area contributed by atoms with E-state index in [2.05, 4.69) is 12.2 Å². The third-order valence-electron chi connectivity index (χ3n) is 3.25. The summed E-state index contributed by atoms with van der Waals surface area (Å²) in [6.07, 6.45) is 1.00. The summed E-state index contributed by atoms with van der Waals surface area (Å²) >= 11 is 0. The van der Waals surface area contributed by atoms with Gasteiger partial charge in [0.05, 0.1) is 0 Å². The van der Waals surface area contributed by atoms with Crippen LogP contribution in [0.4, 0.5) is 4.79 Å². The topological polar surface area (TPSA) is 41.6 Å². The second-order valence-corrected chi connectivity index (χ2v) is 6.06. The molecule has 1 N–H and O–H groups in total. The number of carbonyl (C=O) groups is 1. The quantitative estimate of drug-likeness (QED) is 0.682. The van der Waals surface area contributed by atoms with Crippen molar-refractivity contribution in [2.75, 3.05) is 13.1 Å². The minimum Gasteiger partial charge on any atom is -0.444 e. The predicted molar refractivity (Wildman–Crippen MR) is 62.3 cm³/mol. The van der Waals surface area contributed by atoms with Crippen LogP contribution in [0.3, 0.4) is 0 Å². The van der Waals surface area contributed by atoms with Gasteiger partial charge in [0.15, 0.2) is 0 Å². The smallest absolute Gasteiger partial charge is 0.410 e. The molecule has 4 nitrogen and oxygen atoms in total. The van der Waals surface area contributed by atoms with E-state index >= 15 is 0 Å². The van der Waals surface area contributed by atoms with Gasteiger partial charge in [-0.15, -0.1) is 0 Å². The maximum Gasteiger partial charge on any atom is 0.410 e. The normalized spacial score (nSPS) is 34.0. The van der Waals surface area contributed by atoms with E-state index in [1.54, 1.807) is 0 Å². The van der Waals surface area contributed by atoms with E-state index in [0.717, 1.165) is 13.1 Å². The SMILES string of the molecule is C[C@@H]1C[C@@H]2CN(C(=O)OC(C)(C)C)C[C@@H]2N1. The second-order valence-electron chi connectivity index (χ2n) is 6.06. The third-order valence-corrected chi connectivity index (χ3v) is 3.25. The maximum absolute atomic E-state index is 11.8. The van der Waals surface area contributed by atoms with E-state index < -0.39 is 5.60 Å². The fourth-order valence-electron chi connectivity index (χ4n) is 2.66. The summed E-state index contributed by atoms with van der Waals surface area (Å²) in [5, 5.41) is 3.51. The first-order valence-electron chi connectivity index (χ1n) is 6.09. The van der Waals surface area contributed by atoms with Crippen LogP contribution < -0.4 is 5.32 Å². The van der Waals surface area contributed by atoms with Crippen molar-refractivity contribution in [2.24, 2.45) is 5.92 Å². The first-order valence-corrected chi connectivity index (χ1v) is 6.09. The van der Waals surface area contributed by atoms with Crippen LogP contribution in [0.1, 0.15) is 34.1 Å². The Morgan fingerprint density at radius 3 is 2.62 bits per heavy atom. The van der Waals surface area contributed by atoms with Crippen LogP contribution in [0.2, 0.25) is 0 Å². The highest BCUT2D eigenvalue weighted by Gasteiger charge is 2.41. The van der Waals surface area contributed by atoms with Gasteiger partial charge in [-0.05, 0) is 40.0 Å². The van der Waals surface area contributed by atoms with Crippen LogP contribution in [0.25, 0.3) is 0 Å². The molecule has 0 aromatic carbocycles. The molecule has 2 fully saturated rings. The Labute approximate surface area is 97.3 Å². The number of rotatable bonds is 0. The zero-order chi connectivity index (χ0) is 11.9. The number of nitrogens with zero attached hydrogens (tertiary/aromatic N) is 1.